The number of rotatable bonds is 9. The van der Waals surface area contributed by atoms with Gasteiger partial charge in [-0.15, -0.1) is 0 Å². The minimum Gasteiger partial charge on any atom is -0.493 e. The molecule has 0 spiro atoms. The molecular weight excluding hydrogens is 440 g/mol. The molecular formula is C22H28BrClN2O2. The molecule has 0 radical (unpaired) electrons. The molecule has 0 unspecified atom stereocenters. The topological polar surface area (TPSA) is 33.7 Å². The molecule has 0 aliphatic carbocycles. The molecule has 3 rings (SSSR count). The second-order valence-electron chi connectivity index (χ2n) is 7.04. The molecule has 28 heavy (non-hydrogen) atoms. The molecule has 0 bridgehead atoms. The van der Waals surface area contributed by atoms with E-state index >= 15 is 0 Å². The molecule has 1 N–H and O–H groups in total. The van der Waals surface area contributed by atoms with Gasteiger partial charge in [0.05, 0.1) is 11.6 Å². The van der Waals surface area contributed by atoms with E-state index in [1.165, 1.54) is 19.4 Å². The smallest absolute Gasteiger partial charge is 0.175 e. The zero-order valence-electron chi connectivity index (χ0n) is 16.5. The van der Waals surface area contributed by atoms with E-state index in [0.717, 1.165) is 35.2 Å². The van der Waals surface area contributed by atoms with Crippen LogP contribution in [0.4, 0.5) is 0 Å². The van der Waals surface area contributed by atoms with Crippen molar-refractivity contribution in [1.29, 1.82) is 0 Å². The van der Waals surface area contributed by atoms with Crippen LogP contribution >= 0.6 is 27.5 Å². The number of halogens is 2. The number of benzene rings is 2. The van der Waals surface area contributed by atoms with Crippen LogP contribution in [0.5, 0.6) is 11.5 Å². The molecule has 1 aliphatic rings. The first-order valence-electron chi connectivity index (χ1n) is 9.79. The fraction of sp³-hybridized carbons (Fsp3) is 0.455. The lowest BCUT2D eigenvalue weighted by atomic mass is 10.1. The first-order chi connectivity index (χ1) is 13.6. The van der Waals surface area contributed by atoms with Crippen LogP contribution in [-0.4, -0.2) is 37.7 Å². The maximum atomic E-state index is 6.23. The van der Waals surface area contributed by atoms with E-state index in [9.17, 15) is 0 Å². The first-order valence-corrected chi connectivity index (χ1v) is 11.0. The van der Waals surface area contributed by atoms with Crippen molar-refractivity contribution < 1.29 is 9.47 Å². The van der Waals surface area contributed by atoms with Crippen LogP contribution < -0.4 is 14.8 Å². The van der Waals surface area contributed by atoms with E-state index in [2.05, 4.69) is 39.1 Å². The zero-order chi connectivity index (χ0) is 19.9. The van der Waals surface area contributed by atoms with Gasteiger partial charge in [-0.3, -0.25) is 4.90 Å². The Morgan fingerprint density at radius 3 is 2.86 bits per heavy atom. The van der Waals surface area contributed by atoms with Gasteiger partial charge in [0.15, 0.2) is 11.5 Å². The Balaban J connectivity index is 1.61. The molecule has 2 aromatic rings. The normalized spacial score (nSPS) is 17.1. The molecule has 1 aliphatic heterocycles. The zero-order valence-corrected chi connectivity index (χ0v) is 18.9. The van der Waals surface area contributed by atoms with Gasteiger partial charge < -0.3 is 14.8 Å². The third kappa shape index (κ3) is 5.41. The summed E-state index contributed by atoms with van der Waals surface area (Å²) in [6.07, 6.45) is 2.58. The molecule has 2 aromatic carbocycles. The largest absolute Gasteiger partial charge is 0.493 e. The van der Waals surface area contributed by atoms with Crippen molar-refractivity contribution in [1.82, 2.24) is 10.2 Å². The summed E-state index contributed by atoms with van der Waals surface area (Å²) in [7, 11) is 1.67. The van der Waals surface area contributed by atoms with Gasteiger partial charge in [-0.1, -0.05) is 36.7 Å². The Morgan fingerprint density at radius 1 is 1.29 bits per heavy atom. The average Bonchev–Trinajstić information content (AvgIpc) is 3.15. The summed E-state index contributed by atoms with van der Waals surface area (Å²) in [5.41, 5.74) is 2.11. The van der Waals surface area contributed by atoms with Gasteiger partial charge in [0.2, 0.25) is 0 Å². The number of hydrogen-bond donors (Lipinski definition) is 1. The van der Waals surface area contributed by atoms with Crippen molar-refractivity contribution in [2.45, 2.75) is 39.0 Å². The molecule has 0 saturated carbocycles. The second-order valence-corrected chi connectivity index (χ2v) is 8.31. The Kier molecular flexibility index (Phi) is 8.03. The maximum Gasteiger partial charge on any atom is 0.175 e. The summed E-state index contributed by atoms with van der Waals surface area (Å²) in [5, 5.41) is 4.30. The number of likely N-dealkylation sites (N-methyl/N-ethyl adjacent to an activating group) is 1. The molecule has 1 fully saturated rings. The highest BCUT2D eigenvalue weighted by atomic mass is 79.9. The summed E-state index contributed by atoms with van der Waals surface area (Å²) in [5.74, 6) is 1.41. The van der Waals surface area contributed by atoms with Gasteiger partial charge in [0.1, 0.15) is 6.61 Å². The Morgan fingerprint density at radius 2 is 2.11 bits per heavy atom. The predicted molar refractivity (Wildman–Crippen MR) is 118 cm³/mol. The van der Waals surface area contributed by atoms with Gasteiger partial charge in [0, 0.05) is 29.7 Å². The minimum atomic E-state index is 0.390. The van der Waals surface area contributed by atoms with E-state index in [4.69, 9.17) is 21.1 Å². The van der Waals surface area contributed by atoms with Crippen LogP contribution in [0.2, 0.25) is 5.02 Å². The van der Waals surface area contributed by atoms with Crippen molar-refractivity contribution >= 4 is 27.5 Å². The average molecular weight is 468 g/mol. The lowest BCUT2D eigenvalue weighted by Gasteiger charge is -2.23. The van der Waals surface area contributed by atoms with E-state index < -0.39 is 0 Å². The maximum absolute atomic E-state index is 6.23. The number of likely N-dealkylation sites (tertiary alicyclic amines) is 1. The standard InChI is InChI=1S/C22H28BrClN2O2/c1-3-26-10-6-8-18(26)14-25-13-16-11-19(23)22(21(12-16)27-2)28-15-17-7-4-5-9-20(17)24/h4-5,7,9,11-12,18,25H,3,6,8,10,13-15H2,1-2H3/t18-/m0/s1. The Labute approximate surface area is 181 Å². The summed E-state index contributed by atoms with van der Waals surface area (Å²) in [4.78, 5) is 2.55. The monoisotopic (exact) mass is 466 g/mol. The fourth-order valence-corrected chi connectivity index (χ4v) is 4.50. The minimum absolute atomic E-state index is 0.390. The van der Waals surface area contributed by atoms with Crippen molar-refractivity contribution in [3.05, 3.63) is 57.0 Å². The molecule has 152 valence electrons. The van der Waals surface area contributed by atoms with Crippen LogP contribution in [-0.2, 0) is 13.2 Å². The highest BCUT2D eigenvalue weighted by Crippen LogP contribution is 2.37. The quantitative estimate of drug-likeness (QED) is 0.545. The van der Waals surface area contributed by atoms with Crippen LogP contribution in [0.3, 0.4) is 0 Å². The number of nitrogens with zero attached hydrogens (tertiary/aromatic N) is 1. The van der Waals surface area contributed by atoms with Gasteiger partial charge in [-0.2, -0.15) is 0 Å². The van der Waals surface area contributed by atoms with Crippen LogP contribution in [0.1, 0.15) is 30.9 Å². The van der Waals surface area contributed by atoms with E-state index in [1.54, 1.807) is 7.11 Å². The van der Waals surface area contributed by atoms with E-state index in [-0.39, 0.29) is 0 Å². The summed E-state index contributed by atoms with van der Waals surface area (Å²) in [6.45, 7) is 6.79. The van der Waals surface area contributed by atoms with Crippen molar-refractivity contribution in [2.24, 2.45) is 0 Å². The van der Waals surface area contributed by atoms with Crippen molar-refractivity contribution in [3.63, 3.8) is 0 Å². The molecule has 6 heteroatoms. The van der Waals surface area contributed by atoms with Crippen molar-refractivity contribution in [3.8, 4) is 11.5 Å². The molecule has 0 amide bonds. The highest BCUT2D eigenvalue weighted by molar-refractivity contribution is 9.10. The number of nitrogens with one attached hydrogen (secondary N) is 1. The fourth-order valence-electron chi connectivity index (χ4n) is 3.71. The predicted octanol–water partition coefficient (Wildman–Crippen LogP) is 5.26. The number of ether oxygens (including phenoxy) is 2. The summed E-state index contributed by atoms with van der Waals surface area (Å²) in [6, 6.07) is 12.5. The molecule has 1 atom stereocenters. The van der Waals surface area contributed by atoms with Crippen LogP contribution in [0.15, 0.2) is 40.9 Å². The Bertz CT molecular complexity index is 787. The van der Waals surface area contributed by atoms with E-state index in [1.807, 2.05) is 30.3 Å². The highest BCUT2D eigenvalue weighted by Gasteiger charge is 2.22. The lowest BCUT2D eigenvalue weighted by molar-refractivity contribution is 0.259. The molecule has 0 aromatic heterocycles. The van der Waals surface area contributed by atoms with E-state index in [0.29, 0.717) is 29.2 Å². The Hall–Kier alpha value is -1.27. The van der Waals surface area contributed by atoms with Crippen LogP contribution in [0.25, 0.3) is 0 Å². The third-order valence-corrected chi connectivity index (χ3v) is 6.19. The molecule has 4 nitrogen and oxygen atoms in total. The number of hydrogen-bond acceptors (Lipinski definition) is 4. The van der Waals surface area contributed by atoms with Gasteiger partial charge >= 0.3 is 0 Å². The van der Waals surface area contributed by atoms with Gasteiger partial charge in [-0.25, -0.2) is 0 Å². The second kappa shape index (κ2) is 10.5. The third-order valence-electron chi connectivity index (χ3n) is 5.23. The van der Waals surface area contributed by atoms with Crippen LogP contribution in [0, 0.1) is 0 Å². The van der Waals surface area contributed by atoms with Gasteiger partial charge in [0.25, 0.3) is 0 Å². The first kappa shape index (κ1) is 21.4. The summed E-state index contributed by atoms with van der Waals surface area (Å²) >= 11 is 9.86. The van der Waals surface area contributed by atoms with Crippen molar-refractivity contribution in [2.75, 3.05) is 26.7 Å². The molecule has 1 heterocycles. The summed E-state index contributed by atoms with van der Waals surface area (Å²) < 4.78 is 12.5. The number of methoxy groups -OCH3 is 1. The lowest BCUT2D eigenvalue weighted by Crippen LogP contribution is -2.37. The SMILES string of the molecule is CCN1CCC[C@H]1CNCc1cc(Br)c(OCc2ccccc2Cl)c(OC)c1. The van der Waals surface area contributed by atoms with Gasteiger partial charge in [-0.05, 0) is 65.6 Å². The molecule has 1 saturated heterocycles.